The number of hydrogen-bond acceptors (Lipinski definition) is 6. The zero-order valence-electron chi connectivity index (χ0n) is 13.7. The van der Waals surface area contributed by atoms with E-state index in [0.717, 1.165) is 22.2 Å². The Balaban J connectivity index is 1.85. The zero-order chi connectivity index (χ0) is 17.1. The van der Waals surface area contributed by atoms with Gasteiger partial charge in [-0.15, -0.1) is 0 Å². The molecule has 2 heterocycles. The summed E-state index contributed by atoms with van der Waals surface area (Å²) in [6.45, 7) is 4.39. The number of nitrogens with zero attached hydrogens (tertiary/aromatic N) is 1. The quantitative estimate of drug-likeness (QED) is 0.848. The van der Waals surface area contributed by atoms with E-state index in [9.17, 15) is 4.79 Å². The van der Waals surface area contributed by atoms with Crippen LogP contribution in [0.1, 0.15) is 12.0 Å². The molecule has 0 spiro atoms. The Kier molecular flexibility index (Phi) is 4.66. The molecule has 1 saturated heterocycles. The van der Waals surface area contributed by atoms with Crippen LogP contribution in [0.3, 0.4) is 0 Å². The summed E-state index contributed by atoms with van der Waals surface area (Å²) in [5, 5.41) is 4.08. The number of hydrogen-bond donors (Lipinski definition) is 1. The van der Waals surface area contributed by atoms with Gasteiger partial charge in [-0.1, -0.05) is 12.7 Å². The molecule has 126 valence electrons. The van der Waals surface area contributed by atoms with E-state index in [1.165, 1.54) is 7.11 Å². The van der Waals surface area contributed by atoms with Crippen molar-refractivity contribution >= 4 is 22.9 Å². The van der Waals surface area contributed by atoms with Crippen LogP contribution in [0.2, 0.25) is 0 Å². The largest absolute Gasteiger partial charge is 0.497 e. The summed E-state index contributed by atoms with van der Waals surface area (Å²) in [7, 11) is 3.00. The van der Waals surface area contributed by atoms with E-state index in [1.807, 2.05) is 24.3 Å². The molecule has 0 unspecified atom stereocenters. The molecule has 6 heteroatoms. The van der Waals surface area contributed by atoms with Crippen molar-refractivity contribution in [1.82, 2.24) is 10.3 Å². The van der Waals surface area contributed by atoms with Crippen molar-refractivity contribution in [1.29, 1.82) is 0 Å². The Morgan fingerprint density at radius 2 is 2.21 bits per heavy atom. The van der Waals surface area contributed by atoms with Gasteiger partial charge in [0.1, 0.15) is 17.9 Å². The van der Waals surface area contributed by atoms with Crippen molar-refractivity contribution in [3.05, 3.63) is 36.4 Å². The third-order valence-corrected chi connectivity index (χ3v) is 4.09. The molecular weight excluding hydrogens is 308 g/mol. The molecule has 0 radical (unpaired) electrons. The Morgan fingerprint density at radius 3 is 2.92 bits per heavy atom. The topological polar surface area (TPSA) is 69.7 Å². The molecule has 1 aliphatic heterocycles. The second-order valence-corrected chi connectivity index (χ2v) is 5.61. The molecule has 24 heavy (non-hydrogen) atoms. The maximum atomic E-state index is 11.6. The number of carbonyl (C=O) groups excluding carboxylic acids is 1. The maximum Gasteiger partial charge on any atom is 0.323 e. The minimum Gasteiger partial charge on any atom is -0.497 e. The van der Waals surface area contributed by atoms with E-state index in [1.54, 1.807) is 13.2 Å². The van der Waals surface area contributed by atoms with Gasteiger partial charge >= 0.3 is 5.97 Å². The number of methoxy groups -OCH3 is 2. The third kappa shape index (κ3) is 3.19. The van der Waals surface area contributed by atoms with Gasteiger partial charge in [-0.3, -0.25) is 4.79 Å². The van der Waals surface area contributed by atoms with E-state index in [4.69, 9.17) is 14.2 Å². The maximum absolute atomic E-state index is 11.6. The molecule has 0 amide bonds. The minimum atomic E-state index is -0.340. The molecule has 0 bridgehead atoms. The predicted octanol–water partition coefficient (Wildman–Crippen LogP) is 2.17. The number of rotatable bonds is 5. The van der Waals surface area contributed by atoms with E-state index < -0.39 is 0 Å². The summed E-state index contributed by atoms with van der Waals surface area (Å²) in [6, 6.07) is 7.33. The van der Waals surface area contributed by atoms with Crippen LogP contribution in [0, 0.1) is 0 Å². The Labute approximate surface area is 140 Å². The van der Waals surface area contributed by atoms with Crippen molar-refractivity contribution in [2.24, 2.45) is 0 Å². The number of pyridine rings is 1. The Hall–Kier alpha value is -2.60. The molecule has 1 fully saturated rings. The van der Waals surface area contributed by atoms with Gasteiger partial charge in [-0.05, 0) is 18.2 Å². The lowest BCUT2D eigenvalue weighted by molar-refractivity contribution is -0.142. The van der Waals surface area contributed by atoms with Gasteiger partial charge < -0.3 is 19.5 Å². The second-order valence-electron chi connectivity index (χ2n) is 5.61. The minimum absolute atomic E-state index is 0.150. The number of carbonyl (C=O) groups is 1. The summed E-state index contributed by atoms with van der Waals surface area (Å²) >= 11 is 0. The molecule has 1 aliphatic rings. The Bertz CT molecular complexity index is 775. The predicted molar refractivity (Wildman–Crippen MR) is 91.2 cm³/mol. The lowest BCUT2D eigenvalue weighted by Crippen LogP contribution is -2.31. The summed E-state index contributed by atoms with van der Waals surface area (Å²) in [5.74, 6) is 0.963. The first-order valence-electron chi connectivity index (χ1n) is 7.73. The highest BCUT2D eigenvalue weighted by molar-refractivity contribution is 5.83. The first kappa shape index (κ1) is 16.3. The second kappa shape index (κ2) is 6.88. The van der Waals surface area contributed by atoms with Crippen LogP contribution >= 0.6 is 0 Å². The summed E-state index contributed by atoms with van der Waals surface area (Å²) in [5.41, 5.74) is 1.60. The van der Waals surface area contributed by atoms with Crippen LogP contribution < -0.4 is 14.8 Å². The molecular formula is C18H20N2O4. The van der Waals surface area contributed by atoms with E-state index in [0.29, 0.717) is 18.8 Å². The van der Waals surface area contributed by atoms with Gasteiger partial charge in [-0.2, -0.15) is 0 Å². The van der Waals surface area contributed by atoms with Crippen molar-refractivity contribution < 1.29 is 19.0 Å². The number of fused-ring (bicyclic) bond motifs is 1. The van der Waals surface area contributed by atoms with Gasteiger partial charge in [-0.25, -0.2) is 4.98 Å². The average molecular weight is 328 g/mol. The molecule has 1 aromatic heterocycles. The molecule has 0 saturated carbocycles. The molecule has 6 nitrogen and oxygen atoms in total. The molecule has 2 aromatic rings. The lowest BCUT2D eigenvalue weighted by Gasteiger charge is -2.15. The van der Waals surface area contributed by atoms with Crippen LogP contribution in [0.15, 0.2) is 30.8 Å². The van der Waals surface area contributed by atoms with Gasteiger partial charge in [0.2, 0.25) is 5.88 Å². The lowest BCUT2D eigenvalue weighted by atomic mass is 10.1. The van der Waals surface area contributed by atoms with Gasteiger partial charge in [0.15, 0.2) is 0 Å². The van der Waals surface area contributed by atoms with Crippen molar-refractivity contribution in [3.63, 3.8) is 0 Å². The highest BCUT2D eigenvalue weighted by atomic mass is 16.5. The van der Waals surface area contributed by atoms with Gasteiger partial charge in [0.25, 0.3) is 0 Å². The Morgan fingerprint density at radius 1 is 1.38 bits per heavy atom. The van der Waals surface area contributed by atoms with Crippen LogP contribution in [0.4, 0.5) is 0 Å². The number of benzene rings is 1. The molecule has 0 aliphatic carbocycles. The fourth-order valence-electron chi connectivity index (χ4n) is 2.79. The number of nitrogens with one attached hydrogen (secondary N) is 1. The van der Waals surface area contributed by atoms with Crippen LogP contribution in [0.25, 0.3) is 17.0 Å². The standard InChI is InChI=1S/C18H20N2O4/c1-4-11-7-12-5-6-13(22-2)8-15(12)20-17(11)24-14-9-16(19-10-14)18(21)23-3/h4-8,14,16,19H,1,9-10H2,2-3H3/t14-,16+/m1/s1. The number of esters is 1. The molecule has 1 N–H and O–H groups in total. The monoisotopic (exact) mass is 328 g/mol. The van der Waals surface area contributed by atoms with Crippen molar-refractivity contribution in [2.45, 2.75) is 18.6 Å². The van der Waals surface area contributed by atoms with Crippen molar-refractivity contribution in [2.75, 3.05) is 20.8 Å². The average Bonchev–Trinajstić information content (AvgIpc) is 3.08. The zero-order valence-corrected chi connectivity index (χ0v) is 13.7. The van der Waals surface area contributed by atoms with E-state index in [-0.39, 0.29) is 18.1 Å². The first-order chi connectivity index (χ1) is 11.6. The molecule has 1 aromatic carbocycles. The normalized spacial score (nSPS) is 19.9. The number of aromatic nitrogens is 1. The summed E-state index contributed by atoms with van der Waals surface area (Å²) in [4.78, 5) is 16.2. The van der Waals surface area contributed by atoms with E-state index in [2.05, 4.69) is 16.9 Å². The highest BCUT2D eigenvalue weighted by Crippen LogP contribution is 2.28. The highest BCUT2D eigenvalue weighted by Gasteiger charge is 2.32. The molecule has 2 atom stereocenters. The molecule has 3 rings (SSSR count). The first-order valence-corrected chi connectivity index (χ1v) is 7.73. The van der Waals surface area contributed by atoms with Crippen LogP contribution in [-0.4, -0.2) is 43.9 Å². The van der Waals surface area contributed by atoms with Crippen molar-refractivity contribution in [3.8, 4) is 11.6 Å². The number of ether oxygens (including phenoxy) is 3. The fraction of sp³-hybridized carbons (Fsp3) is 0.333. The van der Waals surface area contributed by atoms with Crippen LogP contribution in [0.5, 0.6) is 11.6 Å². The SMILES string of the molecule is C=Cc1cc2ccc(OC)cc2nc1O[C@H]1CN[C@H](C(=O)OC)C1. The van der Waals surface area contributed by atoms with E-state index >= 15 is 0 Å². The fourth-order valence-corrected chi connectivity index (χ4v) is 2.79. The smallest absolute Gasteiger partial charge is 0.323 e. The summed E-state index contributed by atoms with van der Waals surface area (Å²) < 4.78 is 16.0. The van der Waals surface area contributed by atoms with Crippen LogP contribution in [-0.2, 0) is 9.53 Å². The van der Waals surface area contributed by atoms with Gasteiger partial charge in [0, 0.05) is 30.0 Å². The third-order valence-electron chi connectivity index (χ3n) is 4.09. The summed E-state index contributed by atoms with van der Waals surface area (Å²) in [6.07, 6.45) is 2.11. The van der Waals surface area contributed by atoms with Gasteiger partial charge in [0.05, 0.1) is 19.7 Å².